The van der Waals surface area contributed by atoms with E-state index in [1.54, 1.807) is 7.11 Å². The summed E-state index contributed by atoms with van der Waals surface area (Å²) in [7, 11) is 1.68. The molecule has 0 bridgehead atoms. The summed E-state index contributed by atoms with van der Waals surface area (Å²) in [5.41, 5.74) is 7.07. The molecule has 0 atom stereocenters. The first-order chi connectivity index (χ1) is 9.11. The lowest BCUT2D eigenvalue weighted by Gasteiger charge is -2.07. The van der Waals surface area contributed by atoms with Gasteiger partial charge in [0.1, 0.15) is 5.75 Å². The van der Waals surface area contributed by atoms with Gasteiger partial charge in [0.25, 0.3) is 0 Å². The number of aryl methyl sites for hydroxylation is 1. The number of nitrogens with two attached hydrogens (primary N) is 1. The SMILES string of the molecule is COc1ccc(CCCNC(N)=NCC(C)C)cc1.I. The van der Waals surface area contributed by atoms with E-state index < -0.39 is 0 Å². The standard InChI is InChI=1S/C15H25N3O.HI/c1-12(2)11-18-15(16)17-10-4-5-13-6-8-14(19-3)9-7-13;/h6-9,12H,4-5,10-11H2,1-3H3,(H3,16,17,18);1H. The molecule has 0 amide bonds. The third-order valence-corrected chi connectivity index (χ3v) is 2.73. The van der Waals surface area contributed by atoms with Gasteiger partial charge in [-0.05, 0) is 36.5 Å². The fourth-order valence-corrected chi connectivity index (χ4v) is 1.64. The Bertz CT molecular complexity index is 391. The number of nitrogens with zero attached hydrogens (tertiary/aromatic N) is 1. The number of hydrogen-bond donors (Lipinski definition) is 2. The smallest absolute Gasteiger partial charge is 0.188 e. The zero-order chi connectivity index (χ0) is 14.1. The maximum atomic E-state index is 5.76. The molecule has 1 aromatic carbocycles. The molecular formula is C15H26IN3O. The minimum atomic E-state index is 0. The molecule has 4 nitrogen and oxygen atoms in total. The van der Waals surface area contributed by atoms with E-state index in [4.69, 9.17) is 10.5 Å². The second-order valence-electron chi connectivity index (χ2n) is 5.00. The van der Waals surface area contributed by atoms with Crippen LogP contribution in [0.2, 0.25) is 0 Å². The monoisotopic (exact) mass is 391 g/mol. The molecule has 0 unspecified atom stereocenters. The Morgan fingerprint density at radius 3 is 2.50 bits per heavy atom. The van der Waals surface area contributed by atoms with Crippen molar-refractivity contribution in [2.75, 3.05) is 20.2 Å². The lowest BCUT2D eigenvalue weighted by atomic mass is 10.1. The molecule has 0 aliphatic carbocycles. The topological polar surface area (TPSA) is 59.6 Å². The van der Waals surface area contributed by atoms with Crippen LogP contribution in [0.3, 0.4) is 0 Å². The van der Waals surface area contributed by atoms with Crippen LogP contribution in [0.25, 0.3) is 0 Å². The predicted molar refractivity (Wildman–Crippen MR) is 96.1 cm³/mol. The largest absolute Gasteiger partial charge is 0.497 e. The van der Waals surface area contributed by atoms with Crippen molar-refractivity contribution in [1.82, 2.24) is 5.32 Å². The van der Waals surface area contributed by atoms with E-state index in [0.29, 0.717) is 11.9 Å². The van der Waals surface area contributed by atoms with Crippen LogP contribution in [0.4, 0.5) is 0 Å². The van der Waals surface area contributed by atoms with E-state index in [0.717, 1.165) is 31.7 Å². The van der Waals surface area contributed by atoms with Crippen molar-refractivity contribution in [3.8, 4) is 5.75 Å². The number of benzene rings is 1. The Balaban J connectivity index is 0.00000361. The quantitative estimate of drug-likeness (QED) is 0.325. The van der Waals surface area contributed by atoms with Crippen LogP contribution < -0.4 is 15.8 Å². The molecular weight excluding hydrogens is 365 g/mol. The first kappa shape index (κ1) is 19.0. The lowest BCUT2D eigenvalue weighted by Crippen LogP contribution is -2.33. The number of halogens is 1. The van der Waals surface area contributed by atoms with Crippen LogP contribution in [0, 0.1) is 5.92 Å². The molecule has 0 saturated carbocycles. The minimum absolute atomic E-state index is 0. The molecule has 0 aliphatic rings. The van der Waals surface area contributed by atoms with E-state index in [1.165, 1.54) is 5.56 Å². The van der Waals surface area contributed by atoms with Gasteiger partial charge in [0.2, 0.25) is 0 Å². The summed E-state index contributed by atoms with van der Waals surface area (Å²) in [4.78, 5) is 4.26. The van der Waals surface area contributed by atoms with E-state index in [1.807, 2.05) is 12.1 Å². The zero-order valence-corrected chi connectivity index (χ0v) is 14.9. The Morgan fingerprint density at radius 2 is 1.95 bits per heavy atom. The molecule has 5 heteroatoms. The summed E-state index contributed by atoms with van der Waals surface area (Å²) < 4.78 is 5.13. The molecule has 114 valence electrons. The first-order valence-electron chi connectivity index (χ1n) is 6.78. The highest BCUT2D eigenvalue weighted by Gasteiger charge is 1.96. The number of methoxy groups -OCH3 is 1. The molecule has 0 aromatic heterocycles. The van der Waals surface area contributed by atoms with Gasteiger partial charge < -0.3 is 15.8 Å². The second kappa shape index (κ2) is 10.8. The summed E-state index contributed by atoms with van der Waals surface area (Å²) in [5, 5.41) is 3.13. The van der Waals surface area contributed by atoms with Gasteiger partial charge in [0.05, 0.1) is 7.11 Å². The molecule has 0 fully saturated rings. The minimum Gasteiger partial charge on any atom is -0.497 e. The molecule has 0 radical (unpaired) electrons. The molecule has 20 heavy (non-hydrogen) atoms. The van der Waals surface area contributed by atoms with Crippen molar-refractivity contribution in [3.05, 3.63) is 29.8 Å². The average molecular weight is 391 g/mol. The molecule has 0 spiro atoms. The highest BCUT2D eigenvalue weighted by Crippen LogP contribution is 2.12. The van der Waals surface area contributed by atoms with Crippen LogP contribution >= 0.6 is 24.0 Å². The third kappa shape index (κ3) is 8.24. The fourth-order valence-electron chi connectivity index (χ4n) is 1.64. The van der Waals surface area contributed by atoms with E-state index in [-0.39, 0.29) is 24.0 Å². The van der Waals surface area contributed by atoms with Gasteiger partial charge >= 0.3 is 0 Å². The molecule has 0 aliphatic heterocycles. The number of guanidine groups is 1. The molecule has 1 aromatic rings. The summed E-state index contributed by atoms with van der Waals surface area (Å²) >= 11 is 0. The van der Waals surface area contributed by atoms with Crippen molar-refractivity contribution in [1.29, 1.82) is 0 Å². The fraction of sp³-hybridized carbons (Fsp3) is 0.533. The Morgan fingerprint density at radius 1 is 1.30 bits per heavy atom. The number of hydrogen-bond acceptors (Lipinski definition) is 2. The van der Waals surface area contributed by atoms with Crippen molar-refractivity contribution < 1.29 is 4.74 Å². The normalized spacial score (nSPS) is 11.1. The third-order valence-electron chi connectivity index (χ3n) is 2.73. The Kier molecular flexibility index (Phi) is 10.2. The number of ether oxygens (including phenoxy) is 1. The van der Waals surface area contributed by atoms with Gasteiger partial charge in [-0.3, -0.25) is 4.99 Å². The number of rotatable bonds is 7. The van der Waals surface area contributed by atoms with Crippen molar-refractivity contribution in [2.24, 2.45) is 16.6 Å². The first-order valence-corrected chi connectivity index (χ1v) is 6.78. The highest BCUT2D eigenvalue weighted by molar-refractivity contribution is 14.0. The maximum absolute atomic E-state index is 5.76. The Labute approximate surface area is 139 Å². The molecule has 1 rings (SSSR count). The van der Waals surface area contributed by atoms with Crippen molar-refractivity contribution in [3.63, 3.8) is 0 Å². The van der Waals surface area contributed by atoms with E-state index in [2.05, 4.69) is 36.3 Å². The van der Waals surface area contributed by atoms with Gasteiger partial charge in [-0.1, -0.05) is 26.0 Å². The molecule has 3 N–H and O–H groups in total. The summed E-state index contributed by atoms with van der Waals surface area (Å²) in [5.74, 6) is 1.98. The van der Waals surface area contributed by atoms with Crippen LogP contribution in [0.5, 0.6) is 5.75 Å². The van der Waals surface area contributed by atoms with Crippen LogP contribution in [0.1, 0.15) is 25.8 Å². The molecule has 0 saturated heterocycles. The zero-order valence-electron chi connectivity index (χ0n) is 12.6. The van der Waals surface area contributed by atoms with Gasteiger partial charge in [-0.25, -0.2) is 0 Å². The van der Waals surface area contributed by atoms with E-state index >= 15 is 0 Å². The van der Waals surface area contributed by atoms with E-state index in [9.17, 15) is 0 Å². The van der Waals surface area contributed by atoms with Crippen LogP contribution in [0.15, 0.2) is 29.3 Å². The average Bonchev–Trinajstić information content (AvgIpc) is 2.42. The lowest BCUT2D eigenvalue weighted by molar-refractivity contribution is 0.414. The summed E-state index contributed by atoms with van der Waals surface area (Å²) in [6.07, 6.45) is 2.05. The van der Waals surface area contributed by atoms with Gasteiger partial charge in [0.15, 0.2) is 5.96 Å². The van der Waals surface area contributed by atoms with Gasteiger partial charge in [-0.15, -0.1) is 24.0 Å². The summed E-state index contributed by atoms with van der Waals surface area (Å²) in [6, 6.07) is 8.16. The second-order valence-corrected chi connectivity index (χ2v) is 5.00. The predicted octanol–water partition coefficient (Wildman–Crippen LogP) is 2.81. The number of aliphatic imine (C=N–C) groups is 1. The van der Waals surface area contributed by atoms with Crippen LogP contribution in [-0.2, 0) is 6.42 Å². The Hall–Kier alpha value is -0.980. The summed E-state index contributed by atoms with van der Waals surface area (Å²) in [6.45, 7) is 5.87. The van der Waals surface area contributed by atoms with Crippen molar-refractivity contribution in [2.45, 2.75) is 26.7 Å². The molecule has 0 heterocycles. The van der Waals surface area contributed by atoms with Crippen molar-refractivity contribution >= 4 is 29.9 Å². The highest BCUT2D eigenvalue weighted by atomic mass is 127. The number of nitrogens with one attached hydrogen (secondary N) is 1. The maximum Gasteiger partial charge on any atom is 0.188 e. The van der Waals surface area contributed by atoms with Crippen LogP contribution in [-0.4, -0.2) is 26.2 Å². The van der Waals surface area contributed by atoms with Gasteiger partial charge in [0, 0.05) is 13.1 Å². The van der Waals surface area contributed by atoms with Gasteiger partial charge in [-0.2, -0.15) is 0 Å².